The summed E-state index contributed by atoms with van der Waals surface area (Å²) in [7, 11) is -4.02. The number of benzene rings is 2. The van der Waals surface area contributed by atoms with Crippen molar-refractivity contribution in [3.05, 3.63) is 82.0 Å². The lowest BCUT2D eigenvalue weighted by atomic mass is 9.89. The molecule has 6 heteroatoms. The summed E-state index contributed by atoms with van der Waals surface area (Å²) in [5.74, 6) is -0.700. The highest BCUT2D eigenvalue weighted by molar-refractivity contribution is 7.90. The Morgan fingerprint density at radius 1 is 0.875 bits per heavy atom. The van der Waals surface area contributed by atoms with Gasteiger partial charge in [-0.15, -0.1) is 0 Å². The van der Waals surface area contributed by atoms with Crippen molar-refractivity contribution in [3.63, 3.8) is 0 Å². The summed E-state index contributed by atoms with van der Waals surface area (Å²) in [6.45, 7) is 13.9. The second kappa shape index (κ2) is 8.51. The Kier molecular flexibility index (Phi) is 6.29. The summed E-state index contributed by atoms with van der Waals surface area (Å²) in [4.78, 5) is 18.1. The lowest BCUT2D eigenvalue weighted by Gasteiger charge is -2.21. The van der Waals surface area contributed by atoms with Crippen molar-refractivity contribution < 1.29 is 13.2 Å². The Hall–Kier alpha value is -2.99. The van der Waals surface area contributed by atoms with E-state index in [9.17, 15) is 13.2 Å². The van der Waals surface area contributed by atoms with Gasteiger partial charge in [-0.1, -0.05) is 50.6 Å². The molecule has 0 bridgehead atoms. The SMILES string of the molecule is Cc1cccc(S(=O)(=O)NC(=O)c2ccc(C(C)(C)C)nc2-c2c(C)cc(C)cc2C)c1. The van der Waals surface area contributed by atoms with Gasteiger partial charge < -0.3 is 0 Å². The fraction of sp³-hybridized carbons (Fsp3) is 0.308. The van der Waals surface area contributed by atoms with Gasteiger partial charge >= 0.3 is 0 Å². The number of hydrogen-bond donors (Lipinski definition) is 1. The van der Waals surface area contributed by atoms with Gasteiger partial charge in [-0.05, 0) is 68.7 Å². The van der Waals surface area contributed by atoms with Crippen molar-refractivity contribution in [1.82, 2.24) is 9.71 Å². The van der Waals surface area contributed by atoms with Crippen LogP contribution < -0.4 is 4.72 Å². The maximum atomic E-state index is 13.2. The molecule has 0 spiro atoms. The number of aryl methyl sites for hydroxylation is 4. The Morgan fingerprint density at radius 3 is 2.06 bits per heavy atom. The molecule has 0 aliphatic heterocycles. The van der Waals surface area contributed by atoms with Gasteiger partial charge in [-0.25, -0.2) is 13.1 Å². The number of hydrogen-bond acceptors (Lipinski definition) is 4. The van der Waals surface area contributed by atoms with Gasteiger partial charge in [0.05, 0.1) is 16.2 Å². The molecule has 5 nitrogen and oxygen atoms in total. The molecule has 168 valence electrons. The maximum Gasteiger partial charge on any atom is 0.267 e. The van der Waals surface area contributed by atoms with E-state index in [1.165, 1.54) is 12.1 Å². The van der Waals surface area contributed by atoms with Crippen LogP contribution in [0.5, 0.6) is 0 Å². The Morgan fingerprint density at radius 2 is 1.50 bits per heavy atom. The van der Waals surface area contributed by atoms with Crippen LogP contribution in [-0.4, -0.2) is 19.3 Å². The van der Waals surface area contributed by atoms with Crippen LogP contribution in [0.15, 0.2) is 53.4 Å². The molecule has 1 amide bonds. The van der Waals surface area contributed by atoms with Crippen molar-refractivity contribution in [2.24, 2.45) is 0 Å². The van der Waals surface area contributed by atoms with Gasteiger partial charge in [-0.3, -0.25) is 9.78 Å². The molecule has 0 radical (unpaired) electrons. The standard InChI is InChI=1S/C26H30N2O3S/c1-16-9-8-10-20(15-16)32(30,31)28-25(29)21-11-12-22(26(5,6)7)27-24(21)23-18(3)13-17(2)14-19(23)4/h8-15H,1-7H3,(H,28,29). The zero-order valence-electron chi connectivity index (χ0n) is 19.7. The normalized spacial score (nSPS) is 12.0. The first-order chi connectivity index (χ1) is 14.8. The molecule has 1 N–H and O–H groups in total. The smallest absolute Gasteiger partial charge is 0.267 e. The quantitative estimate of drug-likeness (QED) is 0.577. The van der Waals surface area contributed by atoms with Crippen LogP contribution >= 0.6 is 0 Å². The minimum atomic E-state index is -4.02. The molecular weight excluding hydrogens is 420 g/mol. The third-order valence-corrected chi connectivity index (χ3v) is 6.68. The zero-order chi connectivity index (χ0) is 23.8. The highest BCUT2D eigenvalue weighted by Crippen LogP contribution is 2.32. The van der Waals surface area contributed by atoms with Crippen molar-refractivity contribution in [2.75, 3.05) is 0 Å². The van der Waals surface area contributed by atoms with E-state index in [1.807, 2.05) is 32.9 Å². The number of nitrogens with zero attached hydrogens (tertiary/aromatic N) is 1. The fourth-order valence-corrected chi connectivity index (χ4v) is 4.89. The Bertz CT molecular complexity index is 1280. The third kappa shape index (κ3) is 4.91. The van der Waals surface area contributed by atoms with E-state index in [1.54, 1.807) is 31.2 Å². The number of amides is 1. The fourth-order valence-electron chi connectivity index (χ4n) is 3.82. The molecule has 0 saturated carbocycles. The second-order valence-electron chi connectivity index (χ2n) is 9.37. The molecular formula is C26H30N2O3S. The van der Waals surface area contributed by atoms with Crippen molar-refractivity contribution in [2.45, 2.75) is 58.8 Å². The minimum Gasteiger partial charge on any atom is -0.268 e. The molecule has 0 saturated heterocycles. The summed E-state index contributed by atoms with van der Waals surface area (Å²) in [5, 5.41) is 0. The molecule has 0 fully saturated rings. The van der Waals surface area contributed by atoms with Gasteiger partial charge in [0, 0.05) is 16.7 Å². The van der Waals surface area contributed by atoms with Crippen molar-refractivity contribution in [1.29, 1.82) is 0 Å². The molecule has 2 aromatic carbocycles. The van der Waals surface area contributed by atoms with Gasteiger partial charge in [-0.2, -0.15) is 0 Å². The van der Waals surface area contributed by atoms with E-state index >= 15 is 0 Å². The van der Waals surface area contributed by atoms with Crippen molar-refractivity contribution in [3.8, 4) is 11.3 Å². The van der Waals surface area contributed by atoms with E-state index in [0.29, 0.717) is 5.69 Å². The molecule has 0 aliphatic rings. The van der Waals surface area contributed by atoms with Gasteiger partial charge in [0.15, 0.2) is 0 Å². The predicted octanol–water partition coefficient (Wildman–Crippen LogP) is 5.40. The predicted molar refractivity (Wildman–Crippen MR) is 128 cm³/mol. The number of nitrogens with one attached hydrogen (secondary N) is 1. The number of pyridine rings is 1. The molecule has 32 heavy (non-hydrogen) atoms. The summed E-state index contributed by atoms with van der Waals surface area (Å²) in [6, 6.07) is 14.0. The lowest BCUT2D eigenvalue weighted by Crippen LogP contribution is -2.31. The van der Waals surface area contributed by atoms with Gasteiger partial charge in [0.2, 0.25) is 0 Å². The molecule has 3 aromatic rings. The molecule has 0 aliphatic carbocycles. The average Bonchev–Trinajstić information content (AvgIpc) is 2.66. The average molecular weight is 451 g/mol. The van der Waals surface area contributed by atoms with E-state index in [-0.39, 0.29) is 15.9 Å². The lowest BCUT2D eigenvalue weighted by molar-refractivity contribution is 0.0981. The zero-order valence-corrected chi connectivity index (χ0v) is 20.5. The van der Waals surface area contributed by atoms with Crippen LogP contribution in [-0.2, 0) is 15.4 Å². The molecule has 0 atom stereocenters. The highest BCUT2D eigenvalue weighted by Gasteiger charge is 2.25. The minimum absolute atomic E-state index is 0.0503. The van der Waals surface area contributed by atoms with Crippen LogP contribution in [0.1, 0.15) is 59.1 Å². The number of carbonyl (C=O) groups is 1. The summed E-state index contributed by atoms with van der Waals surface area (Å²) in [5.41, 5.74) is 6.03. The molecule has 1 heterocycles. The van der Waals surface area contributed by atoms with Gasteiger partial charge in [0.1, 0.15) is 0 Å². The monoisotopic (exact) mass is 450 g/mol. The first-order valence-electron chi connectivity index (χ1n) is 10.5. The first-order valence-corrected chi connectivity index (χ1v) is 12.0. The number of carbonyl (C=O) groups excluding carboxylic acids is 1. The van der Waals surface area contributed by atoms with E-state index in [4.69, 9.17) is 4.98 Å². The van der Waals surface area contributed by atoms with Crippen LogP contribution in [0.3, 0.4) is 0 Å². The summed E-state index contributed by atoms with van der Waals surface area (Å²) >= 11 is 0. The molecule has 0 unspecified atom stereocenters. The summed E-state index contributed by atoms with van der Waals surface area (Å²) in [6.07, 6.45) is 0. The Labute approximate surface area is 191 Å². The van der Waals surface area contributed by atoms with E-state index in [2.05, 4.69) is 25.5 Å². The first kappa shape index (κ1) is 23.7. The number of aromatic nitrogens is 1. The third-order valence-electron chi connectivity index (χ3n) is 5.35. The largest absolute Gasteiger partial charge is 0.268 e. The number of rotatable bonds is 4. The van der Waals surface area contributed by atoms with Gasteiger partial charge in [0.25, 0.3) is 15.9 Å². The van der Waals surface area contributed by atoms with Crippen molar-refractivity contribution >= 4 is 15.9 Å². The van der Waals surface area contributed by atoms with Crippen LogP contribution in [0, 0.1) is 27.7 Å². The summed E-state index contributed by atoms with van der Waals surface area (Å²) < 4.78 is 28.0. The topological polar surface area (TPSA) is 76.1 Å². The maximum absolute atomic E-state index is 13.2. The second-order valence-corrected chi connectivity index (χ2v) is 11.0. The van der Waals surface area contributed by atoms with E-state index in [0.717, 1.165) is 33.5 Å². The van der Waals surface area contributed by atoms with Crippen LogP contribution in [0.25, 0.3) is 11.3 Å². The highest BCUT2D eigenvalue weighted by atomic mass is 32.2. The molecule has 1 aromatic heterocycles. The number of sulfonamides is 1. The Balaban J connectivity index is 2.15. The van der Waals surface area contributed by atoms with Crippen LogP contribution in [0.4, 0.5) is 0 Å². The molecule has 3 rings (SSSR count). The van der Waals surface area contributed by atoms with E-state index < -0.39 is 15.9 Å². The van der Waals surface area contributed by atoms with Crippen LogP contribution in [0.2, 0.25) is 0 Å².